The number of amides is 2. The van der Waals surface area contributed by atoms with Crippen LogP contribution in [-0.2, 0) is 19.1 Å². The number of carbonyl (C=O) groups excluding carboxylic acids is 2. The minimum atomic E-state index is -1.87. The third-order valence-electron chi connectivity index (χ3n) is 5.18. The Kier molecular flexibility index (Phi) is 10.9. The summed E-state index contributed by atoms with van der Waals surface area (Å²) in [6.07, 6.45) is -3.78. The predicted molar refractivity (Wildman–Crippen MR) is 112 cm³/mol. The first-order valence-electron chi connectivity index (χ1n) is 9.84. The summed E-state index contributed by atoms with van der Waals surface area (Å²) >= 11 is 1.51. The van der Waals surface area contributed by atoms with Crippen LogP contribution in [0.1, 0.15) is 26.2 Å². The van der Waals surface area contributed by atoms with Crippen molar-refractivity contribution in [3.8, 4) is 0 Å². The van der Waals surface area contributed by atoms with Crippen LogP contribution in [0.5, 0.6) is 0 Å². The van der Waals surface area contributed by atoms with Gasteiger partial charge in [-0.2, -0.15) is 11.8 Å². The Morgan fingerprint density at radius 1 is 1.32 bits per heavy atom. The second-order valence-corrected chi connectivity index (χ2v) is 8.66. The highest BCUT2D eigenvalue weighted by atomic mass is 32.2. The van der Waals surface area contributed by atoms with Crippen LogP contribution in [0, 0.1) is 0 Å². The van der Waals surface area contributed by atoms with E-state index in [0.29, 0.717) is 24.5 Å². The second-order valence-electron chi connectivity index (χ2n) is 7.44. The van der Waals surface area contributed by atoms with Crippen LogP contribution in [0.25, 0.3) is 0 Å². The van der Waals surface area contributed by atoms with Gasteiger partial charge in [0.2, 0.25) is 11.8 Å². The number of carboxylic acid groups (broad SMARTS) is 1. The predicted octanol–water partition coefficient (Wildman–Crippen LogP) is -2.00. The van der Waals surface area contributed by atoms with Crippen LogP contribution in [0.2, 0.25) is 0 Å². The molecule has 0 aromatic carbocycles. The van der Waals surface area contributed by atoms with Crippen molar-refractivity contribution in [2.24, 2.45) is 0 Å². The molecule has 0 aliphatic carbocycles. The van der Waals surface area contributed by atoms with E-state index >= 15 is 0 Å². The molecule has 0 aromatic heterocycles. The van der Waals surface area contributed by atoms with Crippen LogP contribution >= 0.6 is 11.8 Å². The standard InChI is InChI=1S/C19H32N2O9S/c1-3-15(26)20-6-8-31-7-4-5-18(17(28)29)9-14(25)19(11-30-18,21-12(2)23)16(27)13(24)10-22/h3,13-14,16,22,24-25,27H,1,4-11H2,2H3,(H,20,26)(H,21,23)(H,28,29). The summed E-state index contributed by atoms with van der Waals surface area (Å²) in [7, 11) is 0. The zero-order valence-corrected chi connectivity index (χ0v) is 18.3. The molecule has 7 N–H and O–H groups in total. The van der Waals surface area contributed by atoms with E-state index in [1.54, 1.807) is 0 Å². The summed E-state index contributed by atoms with van der Waals surface area (Å²) in [4.78, 5) is 34.7. The van der Waals surface area contributed by atoms with Gasteiger partial charge in [-0.1, -0.05) is 6.58 Å². The highest BCUT2D eigenvalue weighted by Gasteiger charge is 2.58. The van der Waals surface area contributed by atoms with E-state index in [9.17, 15) is 34.8 Å². The van der Waals surface area contributed by atoms with Crippen molar-refractivity contribution >= 4 is 29.5 Å². The number of nitrogens with one attached hydrogen (secondary N) is 2. The summed E-state index contributed by atoms with van der Waals surface area (Å²) in [6.45, 7) is 3.53. The number of aliphatic hydroxyl groups excluding tert-OH is 4. The SMILES string of the molecule is C=CC(=O)NCCSCCCC1(C(=O)O)CC(O)C(NC(C)=O)(C(O)C(O)CO)CO1. The molecule has 1 fully saturated rings. The maximum absolute atomic E-state index is 12.0. The molecule has 1 aliphatic heterocycles. The molecule has 0 saturated carbocycles. The van der Waals surface area contributed by atoms with Crippen molar-refractivity contribution < 1.29 is 44.7 Å². The van der Waals surface area contributed by atoms with Crippen molar-refractivity contribution in [1.29, 1.82) is 0 Å². The third-order valence-corrected chi connectivity index (χ3v) is 6.25. The van der Waals surface area contributed by atoms with Gasteiger partial charge in [-0.15, -0.1) is 0 Å². The van der Waals surface area contributed by atoms with Gasteiger partial charge >= 0.3 is 5.97 Å². The molecule has 1 heterocycles. The Balaban J connectivity index is 2.76. The number of thioether (sulfide) groups is 1. The smallest absolute Gasteiger partial charge is 0.336 e. The molecule has 5 unspecified atom stereocenters. The Morgan fingerprint density at radius 2 is 2.00 bits per heavy atom. The van der Waals surface area contributed by atoms with Crippen molar-refractivity contribution in [3.05, 3.63) is 12.7 Å². The number of aliphatic carboxylic acids is 1. The van der Waals surface area contributed by atoms with Crippen LogP contribution in [0.15, 0.2) is 12.7 Å². The van der Waals surface area contributed by atoms with E-state index in [1.165, 1.54) is 17.8 Å². The van der Waals surface area contributed by atoms with Crippen molar-refractivity contribution in [1.82, 2.24) is 10.6 Å². The first kappa shape index (κ1) is 27.3. The molecular weight excluding hydrogens is 432 g/mol. The zero-order chi connectivity index (χ0) is 23.7. The number of hydrogen-bond donors (Lipinski definition) is 7. The van der Waals surface area contributed by atoms with Gasteiger partial charge in [0.1, 0.15) is 17.7 Å². The van der Waals surface area contributed by atoms with E-state index in [0.717, 1.165) is 6.92 Å². The first-order chi connectivity index (χ1) is 14.5. The molecule has 1 saturated heterocycles. The zero-order valence-electron chi connectivity index (χ0n) is 17.5. The van der Waals surface area contributed by atoms with Crippen LogP contribution < -0.4 is 10.6 Å². The van der Waals surface area contributed by atoms with Crippen LogP contribution in [0.3, 0.4) is 0 Å². The Hall–Kier alpha value is -1.70. The lowest BCUT2D eigenvalue weighted by Crippen LogP contribution is -2.74. The third kappa shape index (κ3) is 7.16. The van der Waals surface area contributed by atoms with Gasteiger partial charge in [0.25, 0.3) is 0 Å². The number of carboxylic acids is 1. The number of hydrogen-bond acceptors (Lipinski definition) is 9. The Labute approximate surface area is 184 Å². The van der Waals surface area contributed by atoms with Gasteiger partial charge in [-0.3, -0.25) is 9.59 Å². The number of ether oxygens (including phenoxy) is 1. The van der Waals surface area contributed by atoms with Crippen molar-refractivity contribution in [2.45, 2.75) is 55.6 Å². The number of aliphatic hydroxyl groups is 4. The Bertz CT molecular complexity index is 650. The Morgan fingerprint density at radius 3 is 2.52 bits per heavy atom. The fourth-order valence-electron chi connectivity index (χ4n) is 3.46. The van der Waals surface area contributed by atoms with E-state index in [2.05, 4.69) is 17.2 Å². The molecule has 178 valence electrons. The summed E-state index contributed by atoms with van der Waals surface area (Å²) < 4.78 is 5.60. The molecule has 0 radical (unpaired) electrons. The number of carbonyl (C=O) groups is 3. The van der Waals surface area contributed by atoms with Gasteiger partial charge in [0, 0.05) is 25.6 Å². The van der Waals surface area contributed by atoms with Gasteiger partial charge in [-0.25, -0.2) is 4.79 Å². The summed E-state index contributed by atoms with van der Waals surface area (Å²) in [6, 6.07) is 0. The molecule has 5 atom stereocenters. The molecule has 0 bridgehead atoms. The highest BCUT2D eigenvalue weighted by molar-refractivity contribution is 7.99. The molecule has 0 aromatic rings. The van der Waals surface area contributed by atoms with Crippen molar-refractivity contribution in [2.75, 3.05) is 31.3 Å². The summed E-state index contributed by atoms with van der Waals surface area (Å²) in [5.41, 5.74) is -3.60. The van der Waals surface area contributed by atoms with Gasteiger partial charge in [0.05, 0.1) is 19.3 Å². The normalized spacial score (nSPS) is 27.7. The molecule has 31 heavy (non-hydrogen) atoms. The summed E-state index contributed by atoms with van der Waals surface area (Å²) in [5, 5.41) is 54.9. The fourth-order valence-corrected chi connectivity index (χ4v) is 4.26. The van der Waals surface area contributed by atoms with Gasteiger partial charge in [0.15, 0.2) is 5.60 Å². The van der Waals surface area contributed by atoms with Crippen molar-refractivity contribution in [3.63, 3.8) is 0 Å². The topological polar surface area (TPSA) is 186 Å². The molecular formula is C19H32N2O9S. The van der Waals surface area contributed by atoms with Crippen LogP contribution in [-0.4, -0.2) is 104 Å². The lowest BCUT2D eigenvalue weighted by molar-refractivity contribution is -0.218. The average molecular weight is 465 g/mol. The molecule has 1 aliphatic rings. The van der Waals surface area contributed by atoms with Gasteiger partial charge < -0.3 is 40.9 Å². The van der Waals surface area contributed by atoms with E-state index in [1.807, 2.05) is 0 Å². The molecule has 12 heteroatoms. The molecule has 1 rings (SSSR count). The molecule has 2 amide bonds. The highest BCUT2D eigenvalue weighted by Crippen LogP contribution is 2.37. The monoisotopic (exact) mass is 464 g/mol. The molecule has 11 nitrogen and oxygen atoms in total. The quantitative estimate of drug-likeness (QED) is 0.119. The minimum Gasteiger partial charge on any atom is -0.479 e. The lowest BCUT2D eigenvalue weighted by atomic mass is 9.75. The maximum atomic E-state index is 12.0. The fraction of sp³-hybridized carbons (Fsp3) is 0.737. The van der Waals surface area contributed by atoms with E-state index < -0.39 is 61.0 Å². The lowest BCUT2D eigenvalue weighted by Gasteiger charge is -2.50. The first-order valence-corrected chi connectivity index (χ1v) is 11.0. The molecule has 0 spiro atoms. The number of rotatable bonds is 13. The van der Waals surface area contributed by atoms with E-state index in [4.69, 9.17) is 9.84 Å². The largest absolute Gasteiger partial charge is 0.479 e. The average Bonchev–Trinajstić information content (AvgIpc) is 2.73. The maximum Gasteiger partial charge on any atom is 0.336 e. The minimum absolute atomic E-state index is 0.0697. The second kappa shape index (κ2) is 12.4. The summed E-state index contributed by atoms with van der Waals surface area (Å²) in [5.74, 6) is -0.981. The van der Waals surface area contributed by atoms with E-state index in [-0.39, 0.29) is 12.3 Å². The van der Waals surface area contributed by atoms with Gasteiger partial charge in [-0.05, 0) is 24.7 Å². The van der Waals surface area contributed by atoms with Crippen LogP contribution in [0.4, 0.5) is 0 Å².